The van der Waals surface area contributed by atoms with E-state index in [1.165, 1.54) is 18.3 Å². The first kappa shape index (κ1) is 23.7. The van der Waals surface area contributed by atoms with Crippen LogP contribution >= 0.6 is 35.0 Å². The molecule has 0 unspecified atom stereocenters. The van der Waals surface area contributed by atoms with Gasteiger partial charge >= 0.3 is 6.18 Å². The second kappa shape index (κ2) is 10.1. The van der Waals surface area contributed by atoms with Crippen molar-refractivity contribution < 1.29 is 18.0 Å². The van der Waals surface area contributed by atoms with Gasteiger partial charge in [-0.25, -0.2) is 10.1 Å². The Kier molecular flexibility index (Phi) is 7.48. The van der Waals surface area contributed by atoms with E-state index in [9.17, 15) is 18.0 Å². The SMILES string of the molecule is Nn1c(N/N=C/c2ccc(Cl)cc2Cl)nnc1SCC(=O)Nc1cccc(C(F)(F)F)c1. The molecule has 0 bridgehead atoms. The molecule has 1 heterocycles. The van der Waals surface area contributed by atoms with E-state index in [0.717, 1.165) is 28.6 Å². The number of halogens is 5. The number of carbonyl (C=O) groups excluding carboxylic acids is 1. The van der Waals surface area contributed by atoms with Crippen molar-refractivity contribution in [1.29, 1.82) is 0 Å². The van der Waals surface area contributed by atoms with Crippen LogP contribution in [0.3, 0.4) is 0 Å². The van der Waals surface area contributed by atoms with Gasteiger partial charge in [-0.05, 0) is 30.3 Å². The molecule has 0 saturated carbocycles. The summed E-state index contributed by atoms with van der Waals surface area (Å²) in [5.41, 5.74) is 2.36. The van der Waals surface area contributed by atoms with Gasteiger partial charge in [-0.1, -0.05) is 47.1 Å². The predicted octanol–water partition coefficient (Wildman–Crippen LogP) is 4.49. The smallest absolute Gasteiger partial charge is 0.334 e. The van der Waals surface area contributed by atoms with Crippen LogP contribution in [0.2, 0.25) is 10.0 Å². The van der Waals surface area contributed by atoms with E-state index in [1.807, 2.05) is 0 Å². The summed E-state index contributed by atoms with van der Waals surface area (Å²) in [4.78, 5) is 12.1. The summed E-state index contributed by atoms with van der Waals surface area (Å²) in [5.74, 6) is 5.27. The van der Waals surface area contributed by atoms with Crippen LogP contribution in [-0.4, -0.2) is 32.7 Å². The molecule has 4 N–H and O–H groups in total. The number of nitrogens with zero attached hydrogens (tertiary/aromatic N) is 4. The number of hydrazone groups is 1. The highest BCUT2D eigenvalue weighted by Crippen LogP contribution is 2.30. The van der Waals surface area contributed by atoms with E-state index in [4.69, 9.17) is 29.0 Å². The molecule has 168 valence electrons. The molecular formula is C18H14Cl2F3N7OS. The number of anilines is 2. The molecule has 32 heavy (non-hydrogen) atoms. The Hall–Kier alpha value is -2.96. The number of aromatic nitrogens is 3. The van der Waals surface area contributed by atoms with E-state index in [2.05, 4.69) is 26.0 Å². The Balaban J connectivity index is 1.55. The third-order valence-electron chi connectivity index (χ3n) is 3.80. The fourth-order valence-electron chi connectivity index (χ4n) is 2.32. The van der Waals surface area contributed by atoms with Crippen LogP contribution in [0, 0.1) is 0 Å². The molecule has 0 aliphatic rings. The van der Waals surface area contributed by atoms with E-state index in [0.29, 0.717) is 15.6 Å². The van der Waals surface area contributed by atoms with Crippen molar-refractivity contribution >= 4 is 58.7 Å². The molecule has 0 spiro atoms. The molecule has 1 aromatic heterocycles. The van der Waals surface area contributed by atoms with Gasteiger partial charge in [0, 0.05) is 16.3 Å². The van der Waals surface area contributed by atoms with E-state index in [-0.39, 0.29) is 22.5 Å². The van der Waals surface area contributed by atoms with Gasteiger partial charge in [0.2, 0.25) is 11.1 Å². The number of benzene rings is 2. The van der Waals surface area contributed by atoms with Crippen LogP contribution in [-0.2, 0) is 11.0 Å². The Morgan fingerprint density at radius 2 is 2.00 bits per heavy atom. The Morgan fingerprint density at radius 3 is 2.72 bits per heavy atom. The number of nitrogens with one attached hydrogen (secondary N) is 2. The average molecular weight is 504 g/mol. The highest BCUT2D eigenvalue weighted by atomic mass is 35.5. The van der Waals surface area contributed by atoms with Crippen molar-refractivity contribution in [2.45, 2.75) is 11.3 Å². The fourth-order valence-corrected chi connectivity index (χ4v) is 3.43. The van der Waals surface area contributed by atoms with Crippen molar-refractivity contribution in [3.05, 3.63) is 63.6 Å². The molecule has 0 aliphatic carbocycles. The largest absolute Gasteiger partial charge is 0.416 e. The summed E-state index contributed by atoms with van der Waals surface area (Å²) in [6, 6.07) is 9.22. The Labute approximate surface area is 193 Å². The molecule has 8 nitrogen and oxygen atoms in total. The monoisotopic (exact) mass is 503 g/mol. The standard InChI is InChI=1S/C18H14Cl2F3N7OS/c19-12-5-4-10(14(20)7-12)8-25-27-16-28-29-17(30(16)24)32-9-15(31)26-13-3-1-2-11(6-13)18(21,22)23/h1-8H,9,24H2,(H,26,31)(H,27,28)/b25-8+. The lowest BCUT2D eigenvalue weighted by Gasteiger charge is -2.09. The van der Waals surface area contributed by atoms with E-state index >= 15 is 0 Å². The lowest BCUT2D eigenvalue weighted by Crippen LogP contribution is -2.17. The Morgan fingerprint density at radius 1 is 1.22 bits per heavy atom. The maximum Gasteiger partial charge on any atom is 0.416 e. The van der Waals surface area contributed by atoms with Crippen molar-refractivity contribution in [1.82, 2.24) is 14.9 Å². The quantitative estimate of drug-likeness (QED) is 0.189. The number of alkyl halides is 3. The molecule has 2 aromatic carbocycles. The highest BCUT2D eigenvalue weighted by molar-refractivity contribution is 7.99. The zero-order valence-electron chi connectivity index (χ0n) is 15.9. The number of nitrogens with two attached hydrogens (primary N) is 1. The van der Waals surface area contributed by atoms with Crippen molar-refractivity contribution in [3.8, 4) is 0 Å². The van der Waals surface area contributed by atoms with Crippen molar-refractivity contribution in [2.24, 2.45) is 5.10 Å². The summed E-state index contributed by atoms with van der Waals surface area (Å²) >= 11 is 12.8. The first-order chi connectivity index (χ1) is 15.1. The number of hydrogen-bond acceptors (Lipinski definition) is 7. The first-order valence-electron chi connectivity index (χ1n) is 8.68. The van der Waals surface area contributed by atoms with Gasteiger partial charge in [0.05, 0.1) is 22.6 Å². The third kappa shape index (κ3) is 6.28. The molecule has 0 aliphatic heterocycles. The minimum Gasteiger partial charge on any atom is -0.334 e. The lowest BCUT2D eigenvalue weighted by molar-refractivity contribution is -0.137. The molecule has 1 amide bonds. The predicted molar refractivity (Wildman–Crippen MR) is 119 cm³/mol. The van der Waals surface area contributed by atoms with Crippen molar-refractivity contribution in [3.63, 3.8) is 0 Å². The highest BCUT2D eigenvalue weighted by Gasteiger charge is 2.30. The van der Waals surface area contributed by atoms with Crippen LogP contribution in [0.5, 0.6) is 0 Å². The molecule has 0 fully saturated rings. The van der Waals surface area contributed by atoms with Crippen molar-refractivity contribution in [2.75, 3.05) is 22.3 Å². The van der Waals surface area contributed by atoms with Gasteiger partial charge in [-0.2, -0.15) is 18.3 Å². The third-order valence-corrected chi connectivity index (χ3v) is 5.31. The zero-order chi connectivity index (χ0) is 23.3. The minimum atomic E-state index is -4.50. The zero-order valence-corrected chi connectivity index (χ0v) is 18.2. The normalized spacial score (nSPS) is 11.7. The van der Waals surface area contributed by atoms with Gasteiger partial charge in [-0.15, -0.1) is 10.2 Å². The second-order valence-electron chi connectivity index (χ2n) is 6.13. The van der Waals surface area contributed by atoms with Crippen LogP contribution < -0.4 is 16.6 Å². The molecule has 0 radical (unpaired) electrons. The maximum absolute atomic E-state index is 12.8. The Bertz CT molecular complexity index is 1150. The van der Waals surface area contributed by atoms with Crippen LogP contribution in [0.25, 0.3) is 0 Å². The van der Waals surface area contributed by atoms with Crippen LogP contribution in [0.15, 0.2) is 52.7 Å². The molecule has 14 heteroatoms. The lowest BCUT2D eigenvalue weighted by atomic mass is 10.2. The fraction of sp³-hybridized carbons (Fsp3) is 0.111. The summed E-state index contributed by atoms with van der Waals surface area (Å²) in [5, 5.41) is 15.1. The molecular weight excluding hydrogens is 490 g/mol. The van der Waals surface area contributed by atoms with E-state index < -0.39 is 17.6 Å². The maximum atomic E-state index is 12.8. The number of carbonyl (C=O) groups is 1. The summed E-state index contributed by atoms with van der Waals surface area (Å²) in [6.07, 6.45) is -3.07. The van der Waals surface area contributed by atoms with Gasteiger partial charge in [0.25, 0.3) is 5.95 Å². The number of hydrogen-bond donors (Lipinski definition) is 3. The average Bonchev–Trinajstić information content (AvgIpc) is 3.07. The number of nitrogen functional groups attached to an aromatic ring is 1. The van der Waals surface area contributed by atoms with E-state index in [1.54, 1.807) is 18.2 Å². The van der Waals surface area contributed by atoms with Crippen LogP contribution in [0.1, 0.15) is 11.1 Å². The van der Waals surface area contributed by atoms with Gasteiger partial charge in [-0.3, -0.25) is 4.79 Å². The number of thioether (sulfide) groups is 1. The topological polar surface area (TPSA) is 110 Å². The molecule has 3 rings (SSSR count). The van der Waals surface area contributed by atoms with Crippen LogP contribution in [0.4, 0.5) is 24.8 Å². The molecule has 0 atom stereocenters. The summed E-state index contributed by atoms with van der Waals surface area (Å²) < 4.78 is 39.4. The molecule has 0 saturated heterocycles. The number of amides is 1. The minimum absolute atomic E-state index is 0.0252. The van der Waals surface area contributed by atoms with Gasteiger partial charge < -0.3 is 11.2 Å². The second-order valence-corrected chi connectivity index (χ2v) is 7.91. The summed E-state index contributed by atoms with van der Waals surface area (Å²) in [6.45, 7) is 0. The van der Waals surface area contributed by atoms with Gasteiger partial charge in [0.1, 0.15) is 0 Å². The first-order valence-corrected chi connectivity index (χ1v) is 10.4. The van der Waals surface area contributed by atoms with Gasteiger partial charge in [0.15, 0.2) is 0 Å². The summed E-state index contributed by atoms with van der Waals surface area (Å²) in [7, 11) is 0. The number of rotatable bonds is 7. The molecule has 3 aromatic rings.